The van der Waals surface area contributed by atoms with Gasteiger partial charge in [0.15, 0.2) is 18.6 Å². The molecule has 0 aliphatic heterocycles. The number of halogens is 4. The number of aliphatic hydroxyl groups is 2. The van der Waals surface area contributed by atoms with Crippen LogP contribution in [0.25, 0.3) is 0 Å². The average Bonchev–Trinajstić information content (AvgIpc) is 2.11. The zero-order chi connectivity index (χ0) is 10.4. The summed E-state index contributed by atoms with van der Waals surface area (Å²) in [6, 6.07) is 0. The zero-order valence-electron chi connectivity index (χ0n) is 6.84. The first-order chi connectivity index (χ1) is 6.00. The molecule has 0 amide bonds. The highest BCUT2D eigenvalue weighted by Crippen LogP contribution is 2.18. The highest BCUT2D eigenvalue weighted by Gasteiger charge is 2.33. The Morgan fingerprint density at radius 1 is 1.00 bits per heavy atom. The summed E-state index contributed by atoms with van der Waals surface area (Å²) in [6.07, 6.45) is -10.7. The second kappa shape index (κ2) is 6.15. The summed E-state index contributed by atoms with van der Waals surface area (Å²) in [5.74, 6) is 0. The summed E-state index contributed by atoms with van der Waals surface area (Å²) in [7, 11) is 0. The monoisotopic (exact) mass is 204 g/mol. The van der Waals surface area contributed by atoms with Crippen molar-refractivity contribution in [3.63, 3.8) is 0 Å². The Morgan fingerprint density at radius 3 is 1.92 bits per heavy atom. The second-order valence-electron chi connectivity index (χ2n) is 2.65. The summed E-state index contributed by atoms with van der Waals surface area (Å²) in [4.78, 5) is 0. The molecule has 0 heterocycles. The third-order valence-electron chi connectivity index (χ3n) is 1.55. The van der Waals surface area contributed by atoms with Gasteiger partial charge in [-0.3, -0.25) is 4.39 Å². The first-order valence-corrected chi connectivity index (χ1v) is 3.85. The molecule has 80 valence electrons. The van der Waals surface area contributed by atoms with Crippen LogP contribution in [0.1, 0.15) is 12.8 Å². The number of alkyl halides is 4. The SMILES string of the molecule is OC(O)C(F)C(F)C(F)CCCF. The molecule has 0 spiro atoms. The van der Waals surface area contributed by atoms with Gasteiger partial charge in [-0.05, 0) is 12.8 Å². The Bertz CT molecular complexity index is 134. The van der Waals surface area contributed by atoms with E-state index in [1.165, 1.54) is 0 Å². The Labute approximate surface area is 73.2 Å². The van der Waals surface area contributed by atoms with Crippen molar-refractivity contribution in [3.8, 4) is 0 Å². The van der Waals surface area contributed by atoms with Crippen LogP contribution in [0.5, 0.6) is 0 Å². The van der Waals surface area contributed by atoms with Gasteiger partial charge in [0.05, 0.1) is 6.67 Å². The third-order valence-corrected chi connectivity index (χ3v) is 1.55. The molecule has 0 bridgehead atoms. The summed E-state index contributed by atoms with van der Waals surface area (Å²) >= 11 is 0. The van der Waals surface area contributed by atoms with Crippen molar-refractivity contribution in [2.24, 2.45) is 0 Å². The largest absolute Gasteiger partial charge is 0.366 e. The first kappa shape index (κ1) is 12.6. The maximum absolute atomic E-state index is 12.6. The molecule has 0 saturated heterocycles. The molecule has 6 heteroatoms. The van der Waals surface area contributed by atoms with Crippen molar-refractivity contribution in [1.82, 2.24) is 0 Å². The van der Waals surface area contributed by atoms with Gasteiger partial charge in [0.25, 0.3) is 0 Å². The van der Waals surface area contributed by atoms with E-state index in [1.807, 2.05) is 0 Å². The van der Waals surface area contributed by atoms with Crippen LogP contribution in [0, 0.1) is 0 Å². The molecule has 3 atom stereocenters. The number of aliphatic hydroxyl groups excluding tert-OH is 1. The lowest BCUT2D eigenvalue weighted by molar-refractivity contribution is -0.124. The summed E-state index contributed by atoms with van der Waals surface area (Å²) in [5.41, 5.74) is 0. The molecule has 13 heavy (non-hydrogen) atoms. The van der Waals surface area contributed by atoms with Crippen molar-refractivity contribution in [2.45, 2.75) is 37.6 Å². The quantitative estimate of drug-likeness (QED) is 0.501. The maximum Gasteiger partial charge on any atom is 0.186 e. The van der Waals surface area contributed by atoms with E-state index in [1.54, 1.807) is 0 Å². The van der Waals surface area contributed by atoms with Gasteiger partial charge in [-0.1, -0.05) is 0 Å². The molecule has 2 N–H and O–H groups in total. The molecule has 0 fully saturated rings. The van der Waals surface area contributed by atoms with E-state index in [2.05, 4.69) is 0 Å². The van der Waals surface area contributed by atoms with E-state index in [0.717, 1.165) is 0 Å². The normalized spacial score (nSPS) is 18.7. The van der Waals surface area contributed by atoms with Gasteiger partial charge in [0, 0.05) is 0 Å². The van der Waals surface area contributed by atoms with E-state index in [0.29, 0.717) is 0 Å². The smallest absolute Gasteiger partial charge is 0.186 e. The highest BCUT2D eigenvalue weighted by molar-refractivity contribution is 4.77. The molecule has 0 aliphatic rings. The van der Waals surface area contributed by atoms with Gasteiger partial charge in [-0.15, -0.1) is 0 Å². The van der Waals surface area contributed by atoms with E-state index < -0.39 is 37.9 Å². The van der Waals surface area contributed by atoms with Crippen molar-refractivity contribution >= 4 is 0 Å². The van der Waals surface area contributed by atoms with E-state index in [9.17, 15) is 17.6 Å². The molecule has 0 aromatic heterocycles. The molecular formula is C7H12F4O2. The van der Waals surface area contributed by atoms with Gasteiger partial charge in [0.2, 0.25) is 0 Å². The van der Waals surface area contributed by atoms with Crippen LogP contribution in [-0.2, 0) is 0 Å². The van der Waals surface area contributed by atoms with E-state index in [4.69, 9.17) is 10.2 Å². The Kier molecular flexibility index (Phi) is 5.98. The fraction of sp³-hybridized carbons (Fsp3) is 1.00. The van der Waals surface area contributed by atoms with E-state index >= 15 is 0 Å². The summed E-state index contributed by atoms with van der Waals surface area (Å²) in [5, 5.41) is 16.3. The van der Waals surface area contributed by atoms with Crippen LogP contribution in [0.2, 0.25) is 0 Å². The van der Waals surface area contributed by atoms with Crippen LogP contribution in [0.4, 0.5) is 17.6 Å². The maximum atomic E-state index is 12.6. The van der Waals surface area contributed by atoms with Crippen LogP contribution >= 0.6 is 0 Å². The molecule has 0 aromatic carbocycles. The van der Waals surface area contributed by atoms with Gasteiger partial charge in [0.1, 0.15) is 6.17 Å². The standard InChI is InChI=1S/C7H12F4O2/c8-3-1-2-4(9)5(10)6(11)7(12)13/h4-7,12-13H,1-3H2. The van der Waals surface area contributed by atoms with Gasteiger partial charge in [-0.25, -0.2) is 13.2 Å². The van der Waals surface area contributed by atoms with Crippen molar-refractivity contribution in [2.75, 3.05) is 6.67 Å². The lowest BCUT2D eigenvalue weighted by Crippen LogP contribution is -2.36. The molecule has 2 nitrogen and oxygen atoms in total. The Balaban J connectivity index is 3.86. The third kappa shape index (κ3) is 4.42. The molecule has 0 radical (unpaired) electrons. The van der Waals surface area contributed by atoms with Crippen molar-refractivity contribution < 1.29 is 27.8 Å². The highest BCUT2D eigenvalue weighted by atomic mass is 19.2. The minimum atomic E-state index is -2.69. The Hall–Kier alpha value is -0.360. The molecule has 0 aliphatic carbocycles. The predicted octanol–water partition coefficient (Wildman–Crippen LogP) is 1.06. The van der Waals surface area contributed by atoms with Crippen LogP contribution in [0.15, 0.2) is 0 Å². The fourth-order valence-electron chi connectivity index (χ4n) is 0.795. The molecule has 0 aromatic rings. The van der Waals surface area contributed by atoms with Crippen LogP contribution < -0.4 is 0 Å². The fourth-order valence-corrected chi connectivity index (χ4v) is 0.795. The summed E-state index contributed by atoms with van der Waals surface area (Å²) in [6.45, 7) is -0.814. The zero-order valence-corrected chi connectivity index (χ0v) is 6.84. The van der Waals surface area contributed by atoms with E-state index in [-0.39, 0.29) is 6.42 Å². The minimum Gasteiger partial charge on any atom is -0.366 e. The van der Waals surface area contributed by atoms with Crippen molar-refractivity contribution in [3.05, 3.63) is 0 Å². The number of rotatable bonds is 6. The van der Waals surface area contributed by atoms with Crippen LogP contribution in [-0.4, -0.2) is 41.7 Å². The molecular weight excluding hydrogens is 192 g/mol. The van der Waals surface area contributed by atoms with Gasteiger partial charge in [-0.2, -0.15) is 0 Å². The number of hydrogen-bond acceptors (Lipinski definition) is 2. The molecule has 0 saturated carbocycles. The second-order valence-corrected chi connectivity index (χ2v) is 2.65. The first-order valence-electron chi connectivity index (χ1n) is 3.85. The number of hydrogen-bond donors (Lipinski definition) is 2. The lowest BCUT2D eigenvalue weighted by atomic mass is 10.1. The minimum absolute atomic E-state index is 0.212. The molecule has 3 unspecified atom stereocenters. The average molecular weight is 204 g/mol. The summed E-state index contributed by atoms with van der Waals surface area (Å²) < 4.78 is 49.0. The topological polar surface area (TPSA) is 40.5 Å². The molecule has 0 rings (SSSR count). The Morgan fingerprint density at radius 2 is 1.54 bits per heavy atom. The van der Waals surface area contributed by atoms with Gasteiger partial charge < -0.3 is 10.2 Å². The van der Waals surface area contributed by atoms with Gasteiger partial charge >= 0.3 is 0 Å². The van der Waals surface area contributed by atoms with Crippen LogP contribution in [0.3, 0.4) is 0 Å². The van der Waals surface area contributed by atoms with Crippen molar-refractivity contribution in [1.29, 1.82) is 0 Å². The lowest BCUT2D eigenvalue weighted by Gasteiger charge is -2.18. The predicted molar refractivity (Wildman–Crippen MR) is 38.1 cm³/mol.